The van der Waals surface area contributed by atoms with Gasteiger partial charge in [0.05, 0.1) is 19.2 Å². The van der Waals surface area contributed by atoms with Crippen molar-refractivity contribution in [3.8, 4) is 5.75 Å². The summed E-state index contributed by atoms with van der Waals surface area (Å²) in [6.45, 7) is 2.43. The van der Waals surface area contributed by atoms with Gasteiger partial charge in [0.2, 0.25) is 0 Å². The molecule has 1 amide bonds. The number of para-hydroxylation sites is 1. The fourth-order valence-electron chi connectivity index (χ4n) is 2.72. The molecule has 7 nitrogen and oxygen atoms in total. The van der Waals surface area contributed by atoms with Crippen molar-refractivity contribution in [2.45, 2.75) is 45.9 Å². The first-order valence-electron chi connectivity index (χ1n) is 9.51. The molecule has 1 aromatic carbocycles. The van der Waals surface area contributed by atoms with Crippen LogP contribution in [0, 0.1) is 5.92 Å². The number of carbonyl (C=O) groups is 1. The first-order chi connectivity index (χ1) is 13.5. The van der Waals surface area contributed by atoms with Crippen LogP contribution in [0.5, 0.6) is 5.75 Å². The average Bonchev–Trinajstić information content (AvgIpc) is 3.49. The van der Waals surface area contributed by atoms with Gasteiger partial charge in [0.1, 0.15) is 5.75 Å². The Bertz CT molecular complexity index is 654. The van der Waals surface area contributed by atoms with Crippen LogP contribution in [0.1, 0.15) is 32.3 Å². The molecule has 0 saturated heterocycles. The summed E-state index contributed by atoms with van der Waals surface area (Å²) in [4.78, 5) is 16.2. The lowest BCUT2D eigenvalue weighted by Gasteiger charge is -2.20. The summed E-state index contributed by atoms with van der Waals surface area (Å²) in [5.74, 6) is 1.06. The molecule has 0 heterocycles. The topological polar surface area (TPSA) is 84.0 Å². The molecule has 2 rings (SSSR count). The highest BCUT2D eigenvalue weighted by Gasteiger charge is 2.32. The Balaban J connectivity index is 1.97. The predicted octanol–water partition coefficient (Wildman–Crippen LogP) is 2.87. The van der Waals surface area contributed by atoms with Gasteiger partial charge in [-0.3, -0.25) is 0 Å². The van der Waals surface area contributed by atoms with Gasteiger partial charge in [0, 0.05) is 18.7 Å². The number of nitrogens with zero attached hydrogens (tertiary/aromatic N) is 1. The van der Waals surface area contributed by atoms with E-state index in [-0.39, 0.29) is 18.3 Å². The highest BCUT2D eigenvalue weighted by molar-refractivity contribution is 5.80. The molecule has 156 valence electrons. The van der Waals surface area contributed by atoms with Crippen molar-refractivity contribution >= 4 is 12.1 Å². The number of hydrogen-bond acceptors (Lipinski definition) is 4. The van der Waals surface area contributed by atoms with Crippen molar-refractivity contribution in [2.75, 3.05) is 19.7 Å². The maximum absolute atomic E-state index is 12.5. The van der Waals surface area contributed by atoms with E-state index in [1.807, 2.05) is 6.92 Å². The van der Waals surface area contributed by atoms with E-state index in [9.17, 15) is 13.6 Å². The zero-order chi connectivity index (χ0) is 20.4. The summed E-state index contributed by atoms with van der Waals surface area (Å²) in [6.07, 6.45) is 1.69. The first kappa shape index (κ1) is 21.7. The number of rotatable bonds is 10. The molecular weight excluding hydrogens is 370 g/mol. The van der Waals surface area contributed by atoms with Crippen molar-refractivity contribution in [3.63, 3.8) is 0 Å². The molecule has 9 heteroatoms. The third kappa shape index (κ3) is 7.58. The SMILES string of the molecule is CCNC(=NCc1ccccc1OC(F)F)NCC(NC(=O)OCC)C1CC1. The van der Waals surface area contributed by atoms with Crippen LogP contribution in [0.2, 0.25) is 0 Å². The van der Waals surface area contributed by atoms with E-state index in [4.69, 9.17) is 4.74 Å². The molecule has 0 aliphatic heterocycles. The summed E-state index contributed by atoms with van der Waals surface area (Å²) < 4.78 is 34.6. The number of hydrogen-bond donors (Lipinski definition) is 3. The molecule has 1 aromatic rings. The first-order valence-corrected chi connectivity index (χ1v) is 9.51. The van der Waals surface area contributed by atoms with Gasteiger partial charge in [0.25, 0.3) is 0 Å². The van der Waals surface area contributed by atoms with Crippen LogP contribution in [0.15, 0.2) is 29.3 Å². The second kappa shape index (κ2) is 11.3. The maximum Gasteiger partial charge on any atom is 0.407 e. The molecule has 1 fully saturated rings. The number of nitrogens with one attached hydrogen (secondary N) is 3. The van der Waals surface area contributed by atoms with Crippen LogP contribution in [0.3, 0.4) is 0 Å². The molecule has 1 saturated carbocycles. The fourth-order valence-corrected chi connectivity index (χ4v) is 2.72. The molecule has 0 bridgehead atoms. The monoisotopic (exact) mass is 398 g/mol. The fraction of sp³-hybridized carbons (Fsp3) is 0.579. The number of ether oxygens (including phenoxy) is 2. The molecule has 0 spiro atoms. The van der Waals surface area contributed by atoms with E-state index >= 15 is 0 Å². The number of amides is 1. The van der Waals surface area contributed by atoms with Gasteiger partial charge in [-0.15, -0.1) is 0 Å². The molecule has 3 N–H and O–H groups in total. The Labute approximate surface area is 163 Å². The van der Waals surface area contributed by atoms with E-state index in [1.165, 1.54) is 6.07 Å². The summed E-state index contributed by atoms with van der Waals surface area (Å²) in [5, 5.41) is 9.18. The summed E-state index contributed by atoms with van der Waals surface area (Å²) in [6, 6.07) is 6.51. The highest BCUT2D eigenvalue weighted by atomic mass is 19.3. The maximum atomic E-state index is 12.5. The van der Waals surface area contributed by atoms with Gasteiger partial charge >= 0.3 is 12.7 Å². The van der Waals surface area contributed by atoms with E-state index in [1.54, 1.807) is 25.1 Å². The Morgan fingerprint density at radius 2 is 2.00 bits per heavy atom. The second-order valence-corrected chi connectivity index (χ2v) is 6.37. The quantitative estimate of drug-likeness (QED) is 0.417. The third-order valence-electron chi connectivity index (χ3n) is 4.20. The Morgan fingerprint density at radius 1 is 1.25 bits per heavy atom. The number of guanidine groups is 1. The molecule has 0 aromatic heterocycles. The van der Waals surface area contributed by atoms with Crippen molar-refractivity contribution in [1.29, 1.82) is 0 Å². The standard InChI is InChI=1S/C19H28F2N4O3/c1-3-22-18(23-11-14-7-5-6-8-16(14)28-17(20)21)24-12-15(13-9-10-13)25-19(26)27-4-2/h5-8,13,15,17H,3-4,9-12H2,1-2H3,(H,25,26)(H2,22,23,24). The van der Waals surface area contributed by atoms with E-state index in [0.717, 1.165) is 12.8 Å². The Hall–Kier alpha value is -2.58. The van der Waals surface area contributed by atoms with Gasteiger partial charge in [-0.25, -0.2) is 9.79 Å². The minimum Gasteiger partial charge on any atom is -0.450 e. The number of alkyl carbamates (subject to hydrolysis) is 1. The molecule has 28 heavy (non-hydrogen) atoms. The molecular formula is C19H28F2N4O3. The zero-order valence-electron chi connectivity index (χ0n) is 16.2. The van der Waals surface area contributed by atoms with E-state index in [0.29, 0.717) is 37.1 Å². The lowest BCUT2D eigenvalue weighted by Crippen LogP contribution is -2.48. The Morgan fingerprint density at radius 3 is 2.64 bits per heavy atom. The average molecular weight is 398 g/mol. The Kier molecular flexibility index (Phi) is 8.77. The van der Waals surface area contributed by atoms with Gasteiger partial charge in [-0.05, 0) is 38.7 Å². The van der Waals surface area contributed by atoms with E-state index in [2.05, 4.69) is 25.7 Å². The van der Waals surface area contributed by atoms with Gasteiger partial charge in [-0.1, -0.05) is 18.2 Å². The van der Waals surface area contributed by atoms with Crippen molar-refractivity contribution < 1.29 is 23.0 Å². The second-order valence-electron chi connectivity index (χ2n) is 6.37. The molecule has 1 unspecified atom stereocenters. The molecule has 1 atom stereocenters. The summed E-state index contributed by atoms with van der Waals surface area (Å²) in [5.41, 5.74) is 0.559. The zero-order valence-corrected chi connectivity index (χ0v) is 16.2. The van der Waals surface area contributed by atoms with Crippen LogP contribution < -0.4 is 20.7 Å². The van der Waals surface area contributed by atoms with E-state index < -0.39 is 12.7 Å². The van der Waals surface area contributed by atoms with Gasteiger partial charge in [-0.2, -0.15) is 8.78 Å². The minimum atomic E-state index is -2.88. The van der Waals surface area contributed by atoms with Crippen LogP contribution in [0.25, 0.3) is 0 Å². The number of aliphatic imine (C=N–C) groups is 1. The number of halogens is 2. The van der Waals surface area contributed by atoms with Crippen molar-refractivity contribution in [3.05, 3.63) is 29.8 Å². The lowest BCUT2D eigenvalue weighted by atomic mass is 10.2. The van der Waals surface area contributed by atoms with Crippen molar-refractivity contribution in [1.82, 2.24) is 16.0 Å². The normalized spacial score (nSPS) is 15.1. The van der Waals surface area contributed by atoms with Crippen LogP contribution in [-0.4, -0.2) is 44.4 Å². The van der Waals surface area contributed by atoms with Crippen LogP contribution >= 0.6 is 0 Å². The molecule has 0 radical (unpaired) electrons. The van der Waals surface area contributed by atoms with Gasteiger partial charge < -0.3 is 25.4 Å². The molecule has 1 aliphatic rings. The minimum absolute atomic E-state index is 0.0580. The van der Waals surface area contributed by atoms with Crippen LogP contribution in [-0.2, 0) is 11.3 Å². The smallest absolute Gasteiger partial charge is 0.407 e. The predicted molar refractivity (Wildman–Crippen MR) is 103 cm³/mol. The number of benzene rings is 1. The molecule has 1 aliphatic carbocycles. The third-order valence-corrected chi connectivity index (χ3v) is 4.20. The van der Waals surface area contributed by atoms with Gasteiger partial charge in [0.15, 0.2) is 5.96 Å². The highest BCUT2D eigenvalue weighted by Crippen LogP contribution is 2.32. The number of alkyl halides is 2. The number of carbonyl (C=O) groups excluding carboxylic acids is 1. The largest absolute Gasteiger partial charge is 0.450 e. The van der Waals surface area contributed by atoms with Crippen LogP contribution in [0.4, 0.5) is 13.6 Å². The lowest BCUT2D eigenvalue weighted by molar-refractivity contribution is -0.0504. The summed E-state index contributed by atoms with van der Waals surface area (Å²) in [7, 11) is 0. The summed E-state index contributed by atoms with van der Waals surface area (Å²) >= 11 is 0. The van der Waals surface area contributed by atoms with Crippen molar-refractivity contribution in [2.24, 2.45) is 10.9 Å².